The summed E-state index contributed by atoms with van der Waals surface area (Å²) in [5, 5.41) is 11.8. The van der Waals surface area contributed by atoms with E-state index in [2.05, 4.69) is 0 Å². The van der Waals surface area contributed by atoms with Crippen LogP contribution in [0, 0.1) is 0 Å². The molecule has 0 bridgehead atoms. The zero-order valence-electron chi connectivity index (χ0n) is 9.98. The van der Waals surface area contributed by atoms with Gasteiger partial charge in [-0.15, -0.1) is 11.3 Å². The Morgan fingerprint density at radius 1 is 1.53 bits per heavy atom. The second-order valence-corrected chi connectivity index (χ2v) is 5.76. The number of carbonyl (C=O) groups is 1. The summed E-state index contributed by atoms with van der Waals surface area (Å²) >= 11 is 1.38. The molecule has 1 fully saturated rings. The summed E-state index contributed by atoms with van der Waals surface area (Å²) in [6, 6.07) is 1.76. The molecule has 0 aliphatic carbocycles. The number of nitrogens with zero attached hydrogens (tertiary/aromatic N) is 1. The van der Waals surface area contributed by atoms with Crippen LogP contribution in [0.4, 0.5) is 5.69 Å². The van der Waals surface area contributed by atoms with Gasteiger partial charge in [-0.1, -0.05) is 0 Å². The molecule has 1 aliphatic rings. The first-order valence-electron chi connectivity index (χ1n) is 5.84. The van der Waals surface area contributed by atoms with Crippen LogP contribution in [0.3, 0.4) is 0 Å². The van der Waals surface area contributed by atoms with E-state index in [1.54, 1.807) is 11.0 Å². The lowest BCUT2D eigenvalue weighted by atomic mass is 9.98. The molecule has 5 heteroatoms. The number of likely N-dealkylation sites (tertiary alicyclic amines) is 1. The number of thiophene rings is 1. The zero-order valence-corrected chi connectivity index (χ0v) is 10.8. The van der Waals surface area contributed by atoms with Gasteiger partial charge in [-0.2, -0.15) is 0 Å². The summed E-state index contributed by atoms with van der Waals surface area (Å²) < 4.78 is 0. The maximum absolute atomic E-state index is 12.2. The summed E-state index contributed by atoms with van der Waals surface area (Å²) in [5.41, 5.74) is 5.66. The van der Waals surface area contributed by atoms with Crippen LogP contribution in [0.2, 0.25) is 0 Å². The van der Waals surface area contributed by atoms with Crippen molar-refractivity contribution in [3.8, 4) is 0 Å². The molecule has 0 radical (unpaired) electrons. The third kappa shape index (κ3) is 2.79. The zero-order chi connectivity index (χ0) is 12.5. The molecule has 1 amide bonds. The second-order valence-electron chi connectivity index (χ2n) is 4.85. The number of hydrogen-bond acceptors (Lipinski definition) is 4. The Morgan fingerprint density at radius 3 is 2.94 bits per heavy atom. The van der Waals surface area contributed by atoms with Crippen molar-refractivity contribution >= 4 is 22.9 Å². The van der Waals surface area contributed by atoms with Gasteiger partial charge in [-0.25, -0.2) is 0 Å². The topological polar surface area (TPSA) is 66.6 Å². The van der Waals surface area contributed by atoms with Gasteiger partial charge in [0.25, 0.3) is 5.91 Å². The summed E-state index contributed by atoms with van der Waals surface area (Å²) in [6.07, 6.45) is 2.21. The third-order valence-electron chi connectivity index (χ3n) is 3.24. The van der Waals surface area contributed by atoms with E-state index in [4.69, 9.17) is 5.73 Å². The van der Waals surface area contributed by atoms with E-state index in [9.17, 15) is 9.90 Å². The predicted octanol–water partition coefficient (Wildman–Crippen LogP) is 1.71. The van der Waals surface area contributed by atoms with E-state index in [-0.39, 0.29) is 5.91 Å². The van der Waals surface area contributed by atoms with Crippen molar-refractivity contribution in [3.05, 3.63) is 16.3 Å². The molecule has 1 aromatic rings. The highest BCUT2D eigenvalue weighted by Gasteiger charge is 2.28. The van der Waals surface area contributed by atoms with Crippen LogP contribution in [0.1, 0.15) is 35.9 Å². The smallest absolute Gasteiger partial charge is 0.266 e. The van der Waals surface area contributed by atoms with Gasteiger partial charge < -0.3 is 15.7 Å². The Hall–Kier alpha value is -1.07. The van der Waals surface area contributed by atoms with E-state index in [1.807, 2.05) is 12.3 Å². The highest BCUT2D eigenvalue weighted by molar-refractivity contribution is 7.12. The maximum atomic E-state index is 12.2. The van der Waals surface area contributed by atoms with Crippen LogP contribution in [-0.4, -0.2) is 34.6 Å². The van der Waals surface area contributed by atoms with Crippen molar-refractivity contribution in [2.45, 2.75) is 31.8 Å². The standard InChI is InChI=1S/C12H18N2O2S/c1-12(16)4-2-6-14(7-5-12)11(15)10-9(13)3-8-17-10/h3,8,16H,2,4-7,13H2,1H3. The molecule has 2 rings (SSSR count). The molecule has 1 saturated heterocycles. The first-order valence-corrected chi connectivity index (χ1v) is 6.72. The van der Waals surface area contributed by atoms with Crippen molar-refractivity contribution in [3.63, 3.8) is 0 Å². The van der Waals surface area contributed by atoms with Gasteiger partial charge in [-0.3, -0.25) is 4.79 Å². The fraction of sp³-hybridized carbons (Fsp3) is 0.583. The Kier molecular flexibility index (Phi) is 3.40. The molecule has 1 aromatic heterocycles. The lowest BCUT2D eigenvalue weighted by Crippen LogP contribution is -2.33. The molecule has 0 aromatic carbocycles. The minimum absolute atomic E-state index is 0.00444. The average molecular weight is 254 g/mol. The Morgan fingerprint density at radius 2 is 2.29 bits per heavy atom. The molecular formula is C12H18N2O2S. The molecule has 4 nitrogen and oxygen atoms in total. The minimum atomic E-state index is -0.643. The largest absolute Gasteiger partial charge is 0.397 e. The van der Waals surface area contributed by atoms with Gasteiger partial charge in [-0.05, 0) is 37.6 Å². The van der Waals surface area contributed by atoms with Crippen LogP contribution in [0.25, 0.3) is 0 Å². The minimum Gasteiger partial charge on any atom is -0.397 e. The van der Waals surface area contributed by atoms with Crippen molar-refractivity contribution < 1.29 is 9.90 Å². The Balaban J connectivity index is 2.08. The summed E-state index contributed by atoms with van der Waals surface area (Å²) in [4.78, 5) is 14.6. The molecule has 17 heavy (non-hydrogen) atoms. The predicted molar refractivity (Wildman–Crippen MR) is 69.1 cm³/mol. The van der Waals surface area contributed by atoms with Gasteiger partial charge in [0.05, 0.1) is 11.3 Å². The first kappa shape index (κ1) is 12.4. The van der Waals surface area contributed by atoms with Gasteiger partial charge in [0, 0.05) is 13.1 Å². The van der Waals surface area contributed by atoms with E-state index in [0.29, 0.717) is 30.1 Å². The molecular weight excluding hydrogens is 236 g/mol. The number of anilines is 1. The van der Waals surface area contributed by atoms with E-state index in [0.717, 1.165) is 12.8 Å². The molecule has 1 unspecified atom stereocenters. The lowest BCUT2D eigenvalue weighted by Gasteiger charge is -2.22. The highest BCUT2D eigenvalue weighted by atomic mass is 32.1. The Labute approximate surface area is 105 Å². The third-order valence-corrected chi connectivity index (χ3v) is 4.16. The maximum Gasteiger partial charge on any atom is 0.266 e. The number of aliphatic hydroxyl groups is 1. The molecule has 94 valence electrons. The molecule has 3 N–H and O–H groups in total. The van der Waals surface area contributed by atoms with Gasteiger partial charge in [0.15, 0.2) is 0 Å². The van der Waals surface area contributed by atoms with Crippen LogP contribution < -0.4 is 5.73 Å². The number of amides is 1. The van der Waals surface area contributed by atoms with Crippen LogP contribution >= 0.6 is 11.3 Å². The van der Waals surface area contributed by atoms with Crippen LogP contribution in [0.15, 0.2) is 11.4 Å². The number of nitrogens with two attached hydrogens (primary N) is 1. The number of rotatable bonds is 1. The van der Waals surface area contributed by atoms with Crippen molar-refractivity contribution in [1.29, 1.82) is 0 Å². The number of carbonyl (C=O) groups excluding carboxylic acids is 1. The van der Waals surface area contributed by atoms with Gasteiger partial charge in [0.2, 0.25) is 0 Å². The van der Waals surface area contributed by atoms with Crippen molar-refractivity contribution in [2.75, 3.05) is 18.8 Å². The van der Waals surface area contributed by atoms with Crippen LogP contribution in [-0.2, 0) is 0 Å². The van der Waals surface area contributed by atoms with Crippen molar-refractivity contribution in [1.82, 2.24) is 4.90 Å². The van der Waals surface area contributed by atoms with Gasteiger partial charge >= 0.3 is 0 Å². The summed E-state index contributed by atoms with van der Waals surface area (Å²) in [7, 11) is 0. The van der Waals surface area contributed by atoms with E-state index in [1.165, 1.54) is 11.3 Å². The van der Waals surface area contributed by atoms with Gasteiger partial charge in [0.1, 0.15) is 4.88 Å². The fourth-order valence-corrected chi connectivity index (χ4v) is 2.89. The molecule has 0 saturated carbocycles. The van der Waals surface area contributed by atoms with E-state index >= 15 is 0 Å². The summed E-state index contributed by atoms with van der Waals surface area (Å²) in [6.45, 7) is 3.13. The number of hydrogen-bond donors (Lipinski definition) is 2. The lowest BCUT2D eigenvalue weighted by molar-refractivity contribution is 0.0438. The molecule has 1 aliphatic heterocycles. The number of nitrogen functional groups attached to an aromatic ring is 1. The highest BCUT2D eigenvalue weighted by Crippen LogP contribution is 2.25. The summed E-state index contributed by atoms with van der Waals surface area (Å²) in [5.74, 6) is -0.00444. The normalized spacial score (nSPS) is 25.6. The molecule has 1 atom stereocenters. The van der Waals surface area contributed by atoms with Crippen LogP contribution in [0.5, 0.6) is 0 Å². The second kappa shape index (κ2) is 4.66. The quantitative estimate of drug-likeness (QED) is 0.801. The Bertz CT molecular complexity index is 414. The molecule has 2 heterocycles. The monoisotopic (exact) mass is 254 g/mol. The molecule has 0 spiro atoms. The fourth-order valence-electron chi connectivity index (χ4n) is 2.10. The van der Waals surface area contributed by atoms with E-state index < -0.39 is 5.60 Å². The SMILES string of the molecule is CC1(O)CCCN(C(=O)c2sccc2N)CC1. The average Bonchev–Trinajstić information content (AvgIpc) is 2.59. The van der Waals surface area contributed by atoms with Crippen molar-refractivity contribution in [2.24, 2.45) is 0 Å². The first-order chi connectivity index (χ1) is 7.99.